The predicted octanol–water partition coefficient (Wildman–Crippen LogP) is 7.31. The molecule has 0 radical (unpaired) electrons. The van der Waals surface area contributed by atoms with Crippen LogP contribution in [0.2, 0.25) is 0 Å². The van der Waals surface area contributed by atoms with Gasteiger partial charge in [-0.3, -0.25) is 0 Å². The molecule has 59 heavy (non-hydrogen) atoms. The third-order valence-corrected chi connectivity index (χ3v) is 12.8. The van der Waals surface area contributed by atoms with E-state index in [0.29, 0.717) is 11.6 Å². The summed E-state index contributed by atoms with van der Waals surface area (Å²) < 4.78 is 79.1. The van der Waals surface area contributed by atoms with Gasteiger partial charge >= 0.3 is 0 Å². The van der Waals surface area contributed by atoms with Gasteiger partial charge in [-0.25, -0.2) is 26.8 Å². The lowest BCUT2D eigenvalue weighted by Gasteiger charge is -2.22. The highest BCUT2D eigenvalue weighted by atomic mass is 32.2. The summed E-state index contributed by atoms with van der Waals surface area (Å²) in [6.07, 6.45) is 2.96. The summed E-state index contributed by atoms with van der Waals surface area (Å²) in [5, 5.41) is 0.132. The van der Waals surface area contributed by atoms with E-state index >= 15 is 0 Å². The van der Waals surface area contributed by atoms with E-state index in [2.05, 4.69) is 15.0 Å². The zero-order valence-electron chi connectivity index (χ0n) is 34.6. The van der Waals surface area contributed by atoms with Crippen LogP contribution in [0.5, 0.6) is 23.0 Å². The number of rotatable bonds is 17. The van der Waals surface area contributed by atoms with E-state index in [1.165, 1.54) is 14.8 Å². The van der Waals surface area contributed by atoms with Crippen molar-refractivity contribution in [2.45, 2.75) is 70.0 Å². The summed E-state index contributed by atoms with van der Waals surface area (Å²) in [6.45, 7) is 8.40. The van der Waals surface area contributed by atoms with Crippen LogP contribution >= 0.6 is 0 Å². The third kappa shape index (κ3) is 11.5. The molecule has 0 bridgehead atoms. The van der Waals surface area contributed by atoms with E-state index in [1.54, 1.807) is 41.6 Å². The van der Waals surface area contributed by atoms with Crippen molar-refractivity contribution in [2.24, 2.45) is 0 Å². The van der Waals surface area contributed by atoms with Crippen LogP contribution in [0.25, 0.3) is 0 Å². The van der Waals surface area contributed by atoms with Crippen LogP contribution in [0.1, 0.15) is 53.8 Å². The number of H-pyrrole nitrogens is 1. The van der Waals surface area contributed by atoms with Gasteiger partial charge in [0.15, 0.2) is 10.1 Å². The molecule has 2 aromatic heterocycles. The quantitative estimate of drug-likeness (QED) is 0.0988. The van der Waals surface area contributed by atoms with E-state index < -0.39 is 20.0 Å². The summed E-state index contributed by atoms with van der Waals surface area (Å²) >= 11 is 0. The third-order valence-electron chi connectivity index (χ3n) is 9.43. The lowest BCUT2D eigenvalue weighted by atomic mass is 10.2. The van der Waals surface area contributed by atoms with Gasteiger partial charge < -0.3 is 28.5 Å². The average Bonchev–Trinajstić information content (AvgIpc) is 3.88. The molecular weight excluding hydrogens is 793 g/mol. The lowest BCUT2D eigenvalue weighted by molar-refractivity contribution is 0.395. The Morgan fingerprint density at radius 1 is 0.576 bits per heavy atom. The van der Waals surface area contributed by atoms with E-state index in [0.717, 1.165) is 45.3 Å². The number of nitrogens with one attached hydrogen (secondary N) is 1. The minimum atomic E-state index is -3.83. The number of benzene rings is 4. The molecule has 6 aromatic rings. The van der Waals surface area contributed by atoms with Gasteiger partial charge in [-0.15, -0.1) is 0 Å². The van der Waals surface area contributed by atoms with Crippen molar-refractivity contribution in [1.29, 1.82) is 0 Å². The van der Waals surface area contributed by atoms with Crippen molar-refractivity contribution in [3.8, 4) is 23.0 Å². The Labute approximate surface area is 347 Å². The number of ether oxygens (including phenoxy) is 4. The molecule has 16 heteroatoms. The van der Waals surface area contributed by atoms with Crippen LogP contribution in [0, 0.1) is 13.8 Å². The lowest BCUT2D eigenvalue weighted by Crippen LogP contribution is -2.30. The summed E-state index contributed by atoms with van der Waals surface area (Å²) in [6, 6.07) is 29.6. The molecule has 0 aliphatic carbocycles. The first kappa shape index (κ1) is 44.4. The Bertz CT molecular complexity index is 2370. The standard InChI is InChI=1S/C23H29N3O4S.C20H23N3O4S/c1-17(2)26-16-23(24-18(26)3)31(27,28)25(14-19-6-10-21(29-4)11-7-19)15-20-8-12-22(30-5)13-9-20;1-15-21-12-20(22-15)28(24,25)23(13-16-4-8-18(26-2)9-5-16)14-17-6-10-19(27-3)11-7-17/h6-13,16-17H,14-15H2,1-5H3;4-12H,13-14H2,1-3H3,(H,21,22). The predicted molar refractivity (Wildman–Crippen MR) is 226 cm³/mol. The Hall–Kier alpha value is -5.68. The average molecular weight is 845 g/mol. The maximum Gasteiger partial charge on any atom is 0.262 e. The summed E-state index contributed by atoms with van der Waals surface area (Å²) in [5.41, 5.74) is 3.43. The number of aromatic amines is 1. The molecule has 0 amide bonds. The molecule has 4 aromatic carbocycles. The fraction of sp³-hybridized carbons (Fsp3) is 0.302. The molecule has 0 atom stereocenters. The second kappa shape index (κ2) is 19.8. The van der Waals surface area contributed by atoms with Gasteiger partial charge in [-0.1, -0.05) is 48.5 Å². The molecule has 6 rings (SSSR count). The number of aromatic nitrogens is 4. The highest BCUT2D eigenvalue weighted by Crippen LogP contribution is 2.25. The molecule has 0 saturated heterocycles. The first-order valence-corrected chi connectivity index (χ1v) is 21.6. The number of hydrogen-bond acceptors (Lipinski definition) is 10. The van der Waals surface area contributed by atoms with Gasteiger partial charge in [0, 0.05) is 38.4 Å². The largest absolute Gasteiger partial charge is 0.497 e. The van der Waals surface area contributed by atoms with E-state index in [4.69, 9.17) is 18.9 Å². The maximum absolute atomic E-state index is 13.6. The van der Waals surface area contributed by atoms with E-state index in [9.17, 15) is 16.8 Å². The summed E-state index contributed by atoms with van der Waals surface area (Å²) in [7, 11) is -1.19. The van der Waals surface area contributed by atoms with E-state index in [-0.39, 0.29) is 42.3 Å². The van der Waals surface area contributed by atoms with Crippen LogP contribution in [-0.4, -0.2) is 73.4 Å². The molecule has 0 unspecified atom stereocenters. The molecule has 314 valence electrons. The van der Waals surface area contributed by atoms with E-state index in [1.807, 2.05) is 122 Å². The number of aryl methyl sites for hydroxylation is 2. The molecule has 0 aliphatic heterocycles. The first-order valence-electron chi connectivity index (χ1n) is 18.8. The summed E-state index contributed by atoms with van der Waals surface area (Å²) in [5.74, 6) is 4.10. The number of methoxy groups -OCH3 is 4. The van der Waals surface area contributed by atoms with Gasteiger partial charge in [0.25, 0.3) is 20.0 Å². The Morgan fingerprint density at radius 3 is 1.19 bits per heavy atom. The zero-order chi connectivity index (χ0) is 42.7. The normalized spacial score (nSPS) is 11.7. The molecule has 14 nitrogen and oxygen atoms in total. The molecule has 1 N–H and O–H groups in total. The van der Waals surface area contributed by atoms with Crippen LogP contribution in [-0.2, 0) is 46.2 Å². The molecule has 0 aliphatic rings. The van der Waals surface area contributed by atoms with Gasteiger partial charge in [0.1, 0.15) is 34.6 Å². The summed E-state index contributed by atoms with van der Waals surface area (Å²) in [4.78, 5) is 11.2. The van der Waals surface area contributed by atoms with Crippen LogP contribution in [0.4, 0.5) is 0 Å². The van der Waals surface area contributed by atoms with Gasteiger partial charge in [-0.05, 0) is 98.5 Å². The second-order valence-corrected chi connectivity index (χ2v) is 17.7. The number of sulfonamides is 2. The van der Waals surface area contributed by atoms with Crippen molar-refractivity contribution in [3.05, 3.63) is 143 Å². The number of nitrogens with zero attached hydrogens (tertiary/aromatic N) is 5. The monoisotopic (exact) mass is 844 g/mol. The maximum atomic E-state index is 13.6. The van der Waals surface area contributed by atoms with Gasteiger partial charge in [0.2, 0.25) is 0 Å². The number of imidazole rings is 2. The zero-order valence-corrected chi connectivity index (χ0v) is 36.2. The fourth-order valence-corrected chi connectivity index (χ4v) is 8.87. The Balaban J connectivity index is 0.000000225. The van der Waals surface area contributed by atoms with Crippen molar-refractivity contribution in [1.82, 2.24) is 28.1 Å². The van der Waals surface area contributed by atoms with Crippen LogP contribution in [0.3, 0.4) is 0 Å². The van der Waals surface area contributed by atoms with Crippen molar-refractivity contribution >= 4 is 20.0 Å². The topological polar surface area (TPSA) is 158 Å². The first-order chi connectivity index (χ1) is 28.2. The van der Waals surface area contributed by atoms with Gasteiger partial charge in [0.05, 0.1) is 34.6 Å². The van der Waals surface area contributed by atoms with Crippen molar-refractivity contribution in [2.75, 3.05) is 28.4 Å². The molecular formula is C43H52N6O8S2. The molecule has 0 saturated carbocycles. The minimum Gasteiger partial charge on any atom is -0.497 e. The number of hydrogen-bond donors (Lipinski definition) is 1. The Morgan fingerprint density at radius 2 is 0.915 bits per heavy atom. The molecule has 2 heterocycles. The Kier molecular flexibility index (Phi) is 14.9. The van der Waals surface area contributed by atoms with Gasteiger partial charge in [-0.2, -0.15) is 8.61 Å². The minimum absolute atomic E-state index is 0.0562. The smallest absolute Gasteiger partial charge is 0.262 e. The molecule has 0 fully saturated rings. The van der Waals surface area contributed by atoms with Crippen molar-refractivity contribution in [3.63, 3.8) is 0 Å². The van der Waals surface area contributed by atoms with Crippen molar-refractivity contribution < 1.29 is 35.8 Å². The fourth-order valence-electron chi connectivity index (χ4n) is 6.10. The van der Waals surface area contributed by atoms with Crippen LogP contribution < -0.4 is 18.9 Å². The molecule has 0 spiro atoms. The highest BCUT2D eigenvalue weighted by Gasteiger charge is 2.29. The highest BCUT2D eigenvalue weighted by molar-refractivity contribution is 7.89. The SMILES string of the molecule is COc1ccc(CN(Cc2ccc(OC)cc2)S(=O)(=O)c2cn(C(C)C)c(C)n2)cc1.COc1ccc(CN(Cc2ccc(OC)cc2)S(=O)(=O)c2cnc(C)[nH]2)cc1. The van der Waals surface area contributed by atoms with Crippen LogP contribution in [0.15, 0.2) is 120 Å². The second-order valence-electron chi connectivity index (χ2n) is 13.9.